The summed E-state index contributed by atoms with van der Waals surface area (Å²) in [5.74, 6) is 0.721. The van der Waals surface area contributed by atoms with E-state index < -0.39 is 12.0 Å². The summed E-state index contributed by atoms with van der Waals surface area (Å²) in [7, 11) is 0. The molecule has 0 radical (unpaired) electrons. The molecule has 0 aliphatic carbocycles. The third-order valence-corrected chi connectivity index (χ3v) is 4.24. The summed E-state index contributed by atoms with van der Waals surface area (Å²) in [6.07, 6.45) is 0.538. The average molecular weight is 376 g/mol. The largest absolute Gasteiger partial charge is 0.464 e. The zero-order valence-electron chi connectivity index (χ0n) is 15.6. The van der Waals surface area contributed by atoms with Crippen LogP contribution in [0.1, 0.15) is 26.1 Å². The fourth-order valence-corrected chi connectivity index (χ4v) is 2.81. The summed E-state index contributed by atoms with van der Waals surface area (Å²) < 4.78 is 11.9. The van der Waals surface area contributed by atoms with Gasteiger partial charge in [0.05, 0.1) is 19.8 Å². The number of ether oxygens (including phenoxy) is 2. The van der Waals surface area contributed by atoms with Gasteiger partial charge in [-0.3, -0.25) is 4.79 Å². The number of carbonyl (C=O) groups is 2. The normalized spacial score (nSPS) is 15.6. The van der Waals surface area contributed by atoms with E-state index in [1.54, 1.807) is 18.4 Å². The minimum atomic E-state index is -0.682. The Morgan fingerprint density at radius 1 is 1.30 bits per heavy atom. The average Bonchev–Trinajstić information content (AvgIpc) is 3.09. The molecule has 1 aliphatic rings. The van der Waals surface area contributed by atoms with E-state index in [0.717, 1.165) is 18.9 Å². The van der Waals surface area contributed by atoms with Gasteiger partial charge in [-0.2, -0.15) is 4.52 Å². The van der Waals surface area contributed by atoms with Crippen molar-refractivity contribution >= 4 is 23.3 Å². The highest BCUT2D eigenvalue weighted by atomic mass is 16.5. The summed E-state index contributed by atoms with van der Waals surface area (Å²) in [4.78, 5) is 25.8. The van der Waals surface area contributed by atoms with E-state index in [-0.39, 0.29) is 18.9 Å². The van der Waals surface area contributed by atoms with Gasteiger partial charge >= 0.3 is 5.97 Å². The highest BCUT2D eigenvalue weighted by Crippen LogP contribution is 2.14. The molecule has 1 fully saturated rings. The number of anilines is 1. The number of nitrogens with zero attached hydrogens (tertiary/aromatic N) is 5. The summed E-state index contributed by atoms with van der Waals surface area (Å²) in [6, 6.07) is 3.09. The second-order valence-corrected chi connectivity index (χ2v) is 6.22. The lowest BCUT2D eigenvalue weighted by atomic mass is 10.2. The molecule has 1 amide bonds. The number of nitrogens with one attached hydrogen (secondary N) is 1. The van der Waals surface area contributed by atoms with Crippen molar-refractivity contribution in [2.45, 2.75) is 32.7 Å². The van der Waals surface area contributed by atoms with Gasteiger partial charge in [0.15, 0.2) is 11.5 Å². The number of aryl methyl sites for hydroxylation is 1. The van der Waals surface area contributed by atoms with Crippen LogP contribution < -0.4 is 10.2 Å². The molecule has 0 bridgehead atoms. The maximum Gasteiger partial charge on any atom is 0.328 e. The molecule has 1 atom stereocenters. The van der Waals surface area contributed by atoms with Crippen molar-refractivity contribution in [2.75, 3.05) is 37.8 Å². The summed E-state index contributed by atoms with van der Waals surface area (Å²) in [5.41, 5.74) is 0.627. The van der Waals surface area contributed by atoms with Crippen LogP contribution >= 0.6 is 0 Å². The highest BCUT2D eigenvalue weighted by molar-refractivity contribution is 5.84. The van der Waals surface area contributed by atoms with Crippen LogP contribution in [0.5, 0.6) is 0 Å². The number of hydrogen-bond acceptors (Lipinski definition) is 8. The smallest absolute Gasteiger partial charge is 0.328 e. The second-order valence-electron chi connectivity index (χ2n) is 6.22. The first-order chi connectivity index (χ1) is 13.1. The van der Waals surface area contributed by atoms with Crippen LogP contribution in [0.15, 0.2) is 12.1 Å². The predicted molar refractivity (Wildman–Crippen MR) is 96.4 cm³/mol. The molecular formula is C17H24N6O4. The molecule has 2 aromatic rings. The number of fused-ring (bicyclic) bond motifs is 1. The lowest BCUT2D eigenvalue weighted by molar-refractivity contribution is -0.146. The van der Waals surface area contributed by atoms with Gasteiger partial charge in [0.1, 0.15) is 11.9 Å². The zero-order valence-corrected chi connectivity index (χ0v) is 15.6. The molecule has 10 heteroatoms. The van der Waals surface area contributed by atoms with E-state index in [4.69, 9.17) is 9.47 Å². The fraction of sp³-hybridized carbons (Fsp3) is 0.588. The van der Waals surface area contributed by atoms with Gasteiger partial charge < -0.3 is 19.7 Å². The van der Waals surface area contributed by atoms with Crippen LogP contribution in [0.4, 0.5) is 5.82 Å². The Morgan fingerprint density at radius 2 is 2.07 bits per heavy atom. The van der Waals surface area contributed by atoms with Crippen molar-refractivity contribution in [3.8, 4) is 0 Å². The first-order valence-corrected chi connectivity index (χ1v) is 9.08. The molecule has 1 unspecified atom stereocenters. The molecule has 1 N–H and O–H groups in total. The molecule has 27 heavy (non-hydrogen) atoms. The number of morpholine rings is 1. The minimum absolute atomic E-state index is 0.175. The topological polar surface area (TPSA) is 111 Å². The van der Waals surface area contributed by atoms with Gasteiger partial charge in [0.2, 0.25) is 5.91 Å². The van der Waals surface area contributed by atoms with Gasteiger partial charge in [0.25, 0.3) is 0 Å². The van der Waals surface area contributed by atoms with Crippen molar-refractivity contribution in [1.29, 1.82) is 0 Å². The van der Waals surface area contributed by atoms with Gasteiger partial charge in [-0.15, -0.1) is 15.3 Å². The maximum absolute atomic E-state index is 12.1. The molecule has 0 aromatic carbocycles. The number of hydrogen-bond donors (Lipinski definition) is 1. The molecule has 2 aromatic heterocycles. The standard InChI is InChI=1S/C17H24N6O4/c1-3-27-17(25)12(2)18-16(24)7-6-14-20-19-13-4-5-15(21-23(13)14)22-8-10-26-11-9-22/h4-5,12H,3,6-11H2,1-2H3,(H,18,24). The summed E-state index contributed by atoms with van der Waals surface area (Å²) in [5, 5.41) is 15.5. The lowest BCUT2D eigenvalue weighted by Gasteiger charge is -2.27. The van der Waals surface area contributed by atoms with Crippen LogP contribution in [0, 0.1) is 0 Å². The van der Waals surface area contributed by atoms with Gasteiger partial charge in [0, 0.05) is 25.9 Å². The second kappa shape index (κ2) is 8.76. The monoisotopic (exact) mass is 376 g/mol. The van der Waals surface area contributed by atoms with Crippen LogP contribution in [0.2, 0.25) is 0 Å². The zero-order chi connectivity index (χ0) is 19.2. The van der Waals surface area contributed by atoms with Crippen molar-refractivity contribution in [3.05, 3.63) is 18.0 Å². The summed E-state index contributed by atoms with van der Waals surface area (Å²) >= 11 is 0. The quantitative estimate of drug-likeness (QED) is 0.670. The SMILES string of the molecule is CCOC(=O)C(C)NC(=O)CCc1nnc2ccc(N3CCOCC3)nn12. The number of esters is 1. The van der Waals surface area contributed by atoms with Crippen molar-refractivity contribution in [3.63, 3.8) is 0 Å². The van der Waals surface area contributed by atoms with Crippen molar-refractivity contribution in [2.24, 2.45) is 0 Å². The van der Waals surface area contributed by atoms with Crippen LogP contribution in [0.3, 0.4) is 0 Å². The number of carbonyl (C=O) groups excluding carboxylic acids is 2. The number of rotatable bonds is 7. The third kappa shape index (κ3) is 4.70. The molecule has 0 saturated carbocycles. The summed E-state index contributed by atoms with van der Waals surface area (Å²) in [6.45, 7) is 6.51. The maximum atomic E-state index is 12.1. The minimum Gasteiger partial charge on any atom is -0.464 e. The molecule has 146 valence electrons. The highest BCUT2D eigenvalue weighted by Gasteiger charge is 2.18. The van der Waals surface area contributed by atoms with E-state index in [2.05, 4.69) is 25.5 Å². The molecule has 0 spiro atoms. The molecule has 1 saturated heterocycles. The van der Waals surface area contributed by atoms with Gasteiger partial charge in [-0.1, -0.05) is 0 Å². The Labute approximate surface area is 156 Å². The molecule has 3 rings (SSSR count). The van der Waals surface area contributed by atoms with Crippen LogP contribution in [-0.4, -0.2) is 70.6 Å². The third-order valence-electron chi connectivity index (χ3n) is 4.24. The Hall–Kier alpha value is -2.75. The van der Waals surface area contributed by atoms with Crippen LogP contribution in [-0.2, 0) is 25.5 Å². The van der Waals surface area contributed by atoms with E-state index >= 15 is 0 Å². The molecule has 10 nitrogen and oxygen atoms in total. The van der Waals surface area contributed by atoms with Crippen molar-refractivity contribution < 1.29 is 19.1 Å². The first kappa shape index (κ1) is 19.0. The molecular weight excluding hydrogens is 352 g/mol. The predicted octanol–water partition coefficient (Wildman–Crippen LogP) is -0.0387. The van der Waals surface area contributed by atoms with E-state index in [1.807, 2.05) is 12.1 Å². The number of amides is 1. The Morgan fingerprint density at radius 3 is 2.81 bits per heavy atom. The van der Waals surface area contributed by atoms with Gasteiger partial charge in [-0.05, 0) is 26.0 Å². The van der Waals surface area contributed by atoms with Gasteiger partial charge in [-0.25, -0.2) is 4.79 Å². The fourth-order valence-electron chi connectivity index (χ4n) is 2.81. The Bertz CT molecular complexity index is 802. The van der Waals surface area contributed by atoms with E-state index in [1.165, 1.54) is 0 Å². The lowest BCUT2D eigenvalue weighted by Crippen LogP contribution is -2.39. The Kier molecular flexibility index (Phi) is 6.17. The molecule has 3 heterocycles. The molecule has 1 aliphatic heterocycles. The van der Waals surface area contributed by atoms with E-state index in [0.29, 0.717) is 31.1 Å². The van der Waals surface area contributed by atoms with E-state index in [9.17, 15) is 9.59 Å². The Balaban J connectivity index is 1.62. The number of aromatic nitrogens is 4. The first-order valence-electron chi connectivity index (χ1n) is 9.08. The van der Waals surface area contributed by atoms with Crippen molar-refractivity contribution in [1.82, 2.24) is 25.1 Å². The van der Waals surface area contributed by atoms with Crippen LogP contribution in [0.25, 0.3) is 5.65 Å².